The van der Waals surface area contributed by atoms with Crippen LogP contribution in [0.3, 0.4) is 0 Å². The van der Waals surface area contributed by atoms with Gasteiger partial charge < -0.3 is 10.4 Å². The molecular formula is C15H13ClFNO2. The predicted molar refractivity (Wildman–Crippen MR) is 76.6 cm³/mol. The highest BCUT2D eigenvalue weighted by Gasteiger charge is 2.24. The molecule has 0 bridgehead atoms. The van der Waals surface area contributed by atoms with Gasteiger partial charge in [-0.1, -0.05) is 35.9 Å². The topological polar surface area (TPSA) is 49.3 Å². The predicted octanol–water partition coefficient (Wildman–Crippen LogP) is 4.03. The minimum absolute atomic E-state index is 0.00602. The molecule has 0 spiro atoms. The Bertz CT molecular complexity index is 646. The van der Waals surface area contributed by atoms with Crippen molar-refractivity contribution < 1.29 is 14.3 Å². The summed E-state index contributed by atoms with van der Waals surface area (Å²) in [5.41, 5.74) is 1.59. The van der Waals surface area contributed by atoms with Gasteiger partial charge in [0, 0.05) is 11.3 Å². The highest BCUT2D eigenvalue weighted by atomic mass is 35.5. The number of halogens is 2. The number of hydrogen-bond donors (Lipinski definition) is 2. The first-order valence-corrected chi connectivity index (χ1v) is 6.37. The third kappa shape index (κ3) is 3.08. The minimum atomic E-state index is -1.20. The van der Waals surface area contributed by atoms with Gasteiger partial charge in [-0.15, -0.1) is 0 Å². The molecule has 3 nitrogen and oxygen atoms in total. The van der Waals surface area contributed by atoms with Crippen LogP contribution < -0.4 is 5.32 Å². The molecule has 0 heterocycles. The molecule has 2 aromatic rings. The Balaban J connectivity index is 2.37. The average molecular weight is 294 g/mol. The van der Waals surface area contributed by atoms with Gasteiger partial charge in [0.05, 0.1) is 5.02 Å². The summed E-state index contributed by atoms with van der Waals surface area (Å²) >= 11 is 5.70. The zero-order chi connectivity index (χ0) is 14.7. The fourth-order valence-corrected chi connectivity index (χ4v) is 2.10. The van der Waals surface area contributed by atoms with Gasteiger partial charge in [-0.2, -0.15) is 0 Å². The number of carboxylic acids is 1. The number of aliphatic carboxylic acids is 1. The lowest BCUT2D eigenvalue weighted by Crippen LogP contribution is -2.21. The van der Waals surface area contributed by atoms with E-state index in [2.05, 4.69) is 5.32 Å². The molecule has 0 fully saturated rings. The number of anilines is 1. The molecular weight excluding hydrogens is 281 g/mol. The van der Waals surface area contributed by atoms with Gasteiger partial charge in [0.25, 0.3) is 0 Å². The van der Waals surface area contributed by atoms with Crippen molar-refractivity contribution in [1.82, 2.24) is 0 Å². The van der Waals surface area contributed by atoms with Gasteiger partial charge >= 0.3 is 5.97 Å². The van der Waals surface area contributed by atoms with E-state index in [9.17, 15) is 14.3 Å². The van der Waals surface area contributed by atoms with Crippen LogP contribution in [0.15, 0.2) is 42.5 Å². The Labute approximate surface area is 121 Å². The van der Waals surface area contributed by atoms with Crippen LogP contribution in [0.2, 0.25) is 5.02 Å². The second-order valence-corrected chi connectivity index (χ2v) is 4.84. The maximum Gasteiger partial charge on any atom is 0.330 e. The molecule has 0 amide bonds. The van der Waals surface area contributed by atoms with E-state index in [1.165, 1.54) is 18.2 Å². The Morgan fingerprint density at radius 2 is 2.00 bits per heavy atom. The van der Waals surface area contributed by atoms with E-state index >= 15 is 0 Å². The molecule has 0 saturated carbocycles. The SMILES string of the molecule is Cc1cccc(NC(C(=O)O)c2cccc(Cl)c2F)c1. The zero-order valence-electron chi connectivity index (χ0n) is 10.7. The number of benzene rings is 2. The summed E-state index contributed by atoms with van der Waals surface area (Å²) in [6, 6.07) is 10.3. The van der Waals surface area contributed by atoms with E-state index in [1.807, 2.05) is 13.0 Å². The second kappa shape index (κ2) is 5.92. The molecule has 0 aliphatic rings. The molecule has 5 heteroatoms. The largest absolute Gasteiger partial charge is 0.479 e. The Morgan fingerprint density at radius 1 is 1.30 bits per heavy atom. The summed E-state index contributed by atoms with van der Waals surface area (Å²) in [5.74, 6) is -1.89. The maximum absolute atomic E-state index is 14.0. The van der Waals surface area contributed by atoms with Crippen molar-refractivity contribution in [3.05, 3.63) is 64.4 Å². The van der Waals surface area contributed by atoms with Gasteiger partial charge in [0.1, 0.15) is 5.82 Å². The number of carboxylic acid groups (broad SMARTS) is 1. The number of carbonyl (C=O) groups is 1. The summed E-state index contributed by atoms with van der Waals surface area (Å²) < 4.78 is 14.0. The molecule has 0 saturated heterocycles. The molecule has 0 aromatic heterocycles. The van der Waals surface area contributed by atoms with Crippen LogP contribution in [0.25, 0.3) is 0 Å². The summed E-state index contributed by atoms with van der Waals surface area (Å²) in [7, 11) is 0. The first-order chi connectivity index (χ1) is 9.49. The van der Waals surface area contributed by atoms with Crippen LogP contribution in [0.1, 0.15) is 17.2 Å². The highest BCUT2D eigenvalue weighted by Crippen LogP contribution is 2.26. The number of hydrogen-bond acceptors (Lipinski definition) is 2. The first-order valence-electron chi connectivity index (χ1n) is 5.99. The van der Waals surface area contributed by atoms with Crippen LogP contribution in [0.5, 0.6) is 0 Å². The van der Waals surface area contributed by atoms with Crippen LogP contribution in [0.4, 0.5) is 10.1 Å². The van der Waals surface area contributed by atoms with Crippen molar-refractivity contribution in [1.29, 1.82) is 0 Å². The van der Waals surface area contributed by atoms with Crippen molar-refractivity contribution in [3.63, 3.8) is 0 Å². The molecule has 2 N–H and O–H groups in total. The molecule has 0 aliphatic carbocycles. The highest BCUT2D eigenvalue weighted by molar-refractivity contribution is 6.30. The number of nitrogens with one attached hydrogen (secondary N) is 1. The molecule has 1 atom stereocenters. The number of aryl methyl sites for hydroxylation is 1. The average Bonchev–Trinajstić information content (AvgIpc) is 2.39. The van der Waals surface area contributed by atoms with Gasteiger partial charge in [0.15, 0.2) is 6.04 Å². The summed E-state index contributed by atoms with van der Waals surface area (Å²) in [4.78, 5) is 11.4. The number of rotatable bonds is 4. The van der Waals surface area contributed by atoms with E-state index in [-0.39, 0.29) is 10.6 Å². The van der Waals surface area contributed by atoms with Crippen LogP contribution >= 0.6 is 11.6 Å². The smallest absolute Gasteiger partial charge is 0.330 e. The molecule has 20 heavy (non-hydrogen) atoms. The van der Waals surface area contributed by atoms with Gasteiger partial charge in [-0.25, -0.2) is 9.18 Å². The molecule has 104 valence electrons. The fraction of sp³-hybridized carbons (Fsp3) is 0.133. The minimum Gasteiger partial charge on any atom is -0.479 e. The van der Waals surface area contributed by atoms with Gasteiger partial charge in [0.2, 0.25) is 0 Å². The monoisotopic (exact) mass is 293 g/mol. The van der Waals surface area contributed by atoms with Gasteiger partial charge in [-0.05, 0) is 30.7 Å². The molecule has 0 radical (unpaired) electrons. The van der Waals surface area contributed by atoms with E-state index < -0.39 is 17.8 Å². The van der Waals surface area contributed by atoms with E-state index in [0.29, 0.717) is 5.69 Å². The van der Waals surface area contributed by atoms with Crippen molar-refractivity contribution >= 4 is 23.3 Å². The normalized spacial score (nSPS) is 11.9. The Morgan fingerprint density at radius 3 is 2.65 bits per heavy atom. The second-order valence-electron chi connectivity index (χ2n) is 4.43. The quantitative estimate of drug-likeness (QED) is 0.895. The standard InChI is InChI=1S/C15H13ClFNO2/c1-9-4-2-5-10(8-9)18-14(15(19)20)11-6-3-7-12(16)13(11)17/h2-8,14,18H,1H3,(H,19,20). The lowest BCUT2D eigenvalue weighted by atomic mass is 10.1. The van der Waals surface area contributed by atoms with E-state index in [1.54, 1.807) is 18.2 Å². The van der Waals surface area contributed by atoms with Gasteiger partial charge in [-0.3, -0.25) is 0 Å². The lowest BCUT2D eigenvalue weighted by molar-refractivity contribution is -0.138. The third-order valence-corrected chi connectivity index (χ3v) is 3.16. The molecule has 2 aromatic carbocycles. The maximum atomic E-state index is 14.0. The van der Waals surface area contributed by atoms with Crippen LogP contribution in [-0.4, -0.2) is 11.1 Å². The summed E-state index contributed by atoms with van der Waals surface area (Å²) in [5, 5.41) is 12.0. The van der Waals surface area contributed by atoms with Crippen molar-refractivity contribution in [2.24, 2.45) is 0 Å². The van der Waals surface area contributed by atoms with Crippen molar-refractivity contribution in [2.75, 3.05) is 5.32 Å². The Kier molecular flexibility index (Phi) is 4.25. The zero-order valence-corrected chi connectivity index (χ0v) is 11.5. The summed E-state index contributed by atoms with van der Waals surface area (Å²) in [6.45, 7) is 1.89. The molecule has 0 aliphatic heterocycles. The van der Waals surface area contributed by atoms with E-state index in [4.69, 9.17) is 11.6 Å². The van der Waals surface area contributed by atoms with Crippen molar-refractivity contribution in [2.45, 2.75) is 13.0 Å². The summed E-state index contributed by atoms with van der Waals surface area (Å²) in [6.07, 6.45) is 0. The molecule has 1 unspecified atom stereocenters. The van der Waals surface area contributed by atoms with Crippen LogP contribution in [-0.2, 0) is 4.79 Å². The van der Waals surface area contributed by atoms with Crippen LogP contribution in [0, 0.1) is 12.7 Å². The van der Waals surface area contributed by atoms with E-state index in [0.717, 1.165) is 5.56 Å². The fourth-order valence-electron chi connectivity index (χ4n) is 1.92. The lowest BCUT2D eigenvalue weighted by Gasteiger charge is -2.17. The third-order valence-electron chi connectivity index (χ3n) is 2.87. The Hall–Kier alpha value is -2.07. The first kappa shape index (κ1) is 14.3. The van der Waals surface area contributed by atoms with Crippen molar-refractivity contribution in [3.8, 4) is 0 Å². The molecule has 2 rings (SSSR count).